The molecule has 4 bridgehead atoms. The zero-order valence-corrected chi connectivity index (χ0v) is 19.3. The van der Waals surface area contributed by atoms with E-state index in [2.05, 4.69) is 22.7 Å². The van der Waals surface area contributed by atoms with Crippen molar-refractivity contribution in [1.29, 1.82) is 0 Å². The van der Waals surface area contributed by atoms with Crippen LogP contribution < -0.4 is 15.4 Å². The summed E-state index contributed by atoms with van der Waals surface area (Å²) in [4.78, 5) is 25.0. The number of carbonyl (C=O) groups excluding carboxylic acids is 2. The summed E-state index contributed by atoms with van der Waals surface area (Å²) in [7, 11) is 0. The van der Waals surface area contributed by atoms with Gasteiger partial charge in [0.15, 0.2) is 6.61 Å². The van der Waals surface area contributed by atoms with Crippen LogP contribution in [0.25, 0.3) is 0 Å². The van der Waals surface area contributed by atoms with Crippen molar-refractivity contribution in [2.45, 2.75) is 64.5 Å². The number of aromatic nitrogens is 2. The van der Waals surface area contributed by atoms with Crippen LogP contribution in [-0.2, 0) is 16.1 Å². The monoisotopic (exact) mass is 450 g/mol. The van der Waals surface area contributed by atoms with Crippen LogP contribution in [0.2, 0.25) is 0 Å². The first-order valence-corrected chi connectivity index (χ1v) is 12.3. The van der Waals surface area contributed by atoms with E-state index in [0.29, 0.717) is 16.9 Å². The summed E-state index contributed by atoms with van der Waals surface area (Å²) in [6.07, 6.45) is 12.3. The molecule has 1 aromatic heterocycles. The summed E-state index contributed by atoms with van der Waals surface area (Å²) in [6, 6.07) is 9.45. The van der Waals surface area contributed by atoms with Crippen LogP contribution in [0.4, 0.5) is 5.69 Å². The first-order valence-electron chi connectivity index (χ1n) is 12.3. The highest BCUT2D eigenvalue weighted by molar-refractivity contribution is 5.91. The van der Waals surface area contributed by atoms with Gasteiger partial charge in [-0.25, -0.2) is 0 Å². The Bertz CT molecular complexity index is 951. The first-order chi connectivity index (χ1) is 16.0. The van der Waals surface area contributed by atoms with Crippen LogP contribution in [0, 0.1) is 23.2 Å². The molecule has 6 rings (SSSR count). The van der Waals surface area contributed by atoms with Crippen molar-refractivity contribution < 1.29 is 14.3 Å². The number of nitrogens with zero attached hydrogens (tertiary/aromatic N) is 2. The number of benzene rings is 1. The van der Waals surface area contributed by atoms with Gasteiger partial charge in [-0.2, -0.15) is 5.10 Å². The van der Waals surface area contributed by atoms with Crippen molar-refractivity contribution >= 4 is 17.5 Å². The Morgan fingerprint density at radius 1 is 1.09 bits per heavy atom. The summed E-state index contributed by atoms with van der Waals surface area (Å²) >= 11 is 0. The summed E-state index contributed by atoms with van der Waals surface area (Å²) < 4.78 is 7.04. The molecular weight excluding hydrogens is 416 g/mol. The topological polar surface area (TPSA) is 85.2 Å². The van der Waals surface area contributed by atoms with E-state index in [4.69, 9.17) is 4.74 Å². The summed E-state index contributed by atoms with van der Waals surface area (Å²) in [5.74, 6) is 2.97. The predicted octanol–water partition coefficient (Wildman–Crippen LogP) is 4.01. The second kappa shape index (κ2) is 9.20. The Kier molecular flexibility index (Phi) is 6.13. The molecule has 1 unspecified atom stereocenters. The number of hydrogen-bond donors (Lipinski definition) is 2. The third-order valence-corrected chi connectivity index (χ3v) is 7.90. The highest BCUT2D eigenvalue weighted by Crippen LogP contribution is 2.61. The van der Waals surface area contributed by atoms with Gasteiger partial charge in [0.25, 0.3) is 5.91 Å². The van der Waals surface area contributed by atoms with E-state index in [1.165, 1.54) is 38.5 Å². The molecule has 1 aromatic carbocycles. The minimum atomic E-state index is -0.268. The summed E-state index contributed by atoms with van der Waals surface area (Å²) in [5.41, 5.74) is 0.846. The molecule has 0 radical (unpaired) electrons. The molecule has 4 fully saturated rings. The average molecular weight is 451 g/mol. The maximum absolute atomic E-state index is 12.9. The van der Waals surface area contributed by atoms with Gasteiger partial charge in [0.2, 0.25) is 5.91 Å². The molecule has 7 nitrogen and oxygen atoms in total. The van der Waals surface area contributed by atoms with Crippen LogP contribution >= 0.6 is 0 Å². The van der Waals surface area contributed by atoms with Gasteiger partial charge in [0.05, 0.1) is 11.9 Å². The normalized spacial score (nSPS) is 28.3. The predicted molar refractivity (Wildman–Crippen MR) is 126 cm³/mol. The van der Waals surface area contributed by atoms with Gasteiger partial charge in [0, 0.05) is 12.2 Å². The van der Waals surface area contributed by atoms with Crippen LogP contribution in [0.1, 0.15) is 51.9 Å². The fourth-order valence-corrected chi connectivity index (χ4v) is 7.06. The van der Waals surface area contributed by atoms with E-state index in [9.17, 15) is 9.59 Å². The molecule has 0 saturated heterocycles. The van der Waals surface area contributed by atoms with Crippen molar-refractivity contribution in [2.24, 2.45) is 23.2 Å². The molecule has 1 atom stereocenters. The number of carbonyl (C=O) groups is 2. The largest absolute Gasteiger partial charge is 0.484 e. The molecule has 2 N–H and O–H groups in total. The number of nitrogens with one attached hydrogen (secondary N) is 2. The van der Waals surface area contributed by atoms with Crippen molar-refractivity contribution in [3.8, 4) is 5.75 Å². The number of hydrogen-bond acceptors (Lipinski definition) is 4. The van der Waals surface area contributed by atoms with Gasteiger partial charge in [-0.05, 0) is 80.2 Å². The number of ether oxygens (including phenoxy) is 1. The molecule has 2 aromatic rings. The molecule has 176 valence electrons. The van der Waals surface area contributed by atoms with Gasteiger partial charge in [-0.3, -0.25) is 14.3 Å². The maximum atomic E-state index is 12.9. The van der Waals surface area contributed by atoms with E-state index in [0.717, 1.165) is 24.2 Å². The number of anilines is 1. The minimum absolute atomic E-state index is 0.00835. The SMILES string of the molecule is CCC(NC(=O)Cn1cc(NC(=O)COc2ccccc2)cn1)C12CC3CC(CC(C3)C1)C2. The molecule has 7 heteroatoms. The molecule has 4 aliphatic rings. The van der Waals surface area contributed by atoms with Gasteiger partial charge >= 0.3 is 0 Å². The van der Waals surface area contributed by atoms with E-state index < -0.39 is 0 Å². The van der Waals surface area contributed by atoms with E-state index in [1.54, 1.807) is 29.2 Å². The van der Waals surface area contributed by atoms with Crippen molar-refractivity contribution in [1.82, 2.24) is 15.1 Å². The van der Waals surface area contributed by atoms with Gasteiger partial charge in [-0.15, -0.1) is 0 Å². The van der Waals surface area contributed by atoms with Crippen molar-refractivity contribution in [3.63, 3.8) is 0 Å². The fraction of sp³-hybridized carbons (Fsp3) is 0.577. The lowest BCUT2D eigenvalue weighted by Crippen LogP contribution is -2.57. The standard InChI is InChI=1S/C26H34N4O3/c1-2-23(26-11-18-8-19(12-26)10-20(9-18)13-26)29-24(31)16-30-15-21(14-27-30)28-25(32)17-33-22-6-4-3-5-7-22/h3-7,14-15,18-20,23H,2,8-13,16-17H2,1H3,(H,28,32)(H,29,31). The number of amides is 2. The molecule has 33 heavy (non-hydrogen) atoms. The molecule has 2 amide bonds. The van der Waals surface area contributed by atoms with Crippen LogP contribution in [0.5, 0.6) is 5.75 Å². The van der Waals surface area contributed by atoms with Crippen LogP contribution in [0.15, 0.2) is 42.7 Å². The second-order valence-electron chi connectivity index (χ2n) is 10.4. The molecule has 0 spiro atoms. The van der Waals surface area contributed by atoms with Gasteiger partial charge in [-0.1, -0.05) is 25.1 Å². The van der Waals surface area contributed by atoms with Crippen LogP contribution in [0.3, 0.4) is 0 Å². The van der Waals surface area contributed by atoms with Gasteiger partial charge < -0.3 is 15.4 Å². The Morgan fingerprint density at radius 2 is 1.76 bits per heavy atom. The third-order valence-electron chi connectivity index (χ3n) is 7.90. The lowest BCUT2D eigenvalue weighted by Gasteiger charge is -2.59. The van der Waals surface area contributed by atoms with E-state index >= 15 is 0 Å². The van der Waals surface area contributed by atoms with Crippen molar-refractivity contribution in [2.75, 3.05) is 11.9 Å². The number of para-hydroxylation sites is 1. The van der Waals surface area contributed by atoms with E-state index in [-0.39, 0.29) is 31.0 Å². The number of rotatable bonds is 9. The lowest BCUT2D eigenvalue weighted by molar-refractivity contribution is -0.127. The maximum Gasteiger partial charge on any atom is 0.262 e. The molecule has 1 heterocycles. The Labute approximate surface area is 195 Å². The summed E-state index contributed by atoms with van der Waals surface area (Å²) in [6.45, 7) is 2.26. The van der Waals surface area contributed by atoms with Crippen molar-refractivity contribution in [3.05, 3.63) is 42.7 Å². The third kappa shape index (κ3) is 4.92. The zero-order chi connectivity index (χ0) is 22.8. The Morgan fingerprint density at radius 3 is 2.39 bits per heavy atom. The zero-order valence-electron chi connectivity index (χ0n) is 19.3. The highest BCUT2D eigenvalue weighted by atomic mass is 16.5. The quantitative estimate of drug-likeness (QED) is 0.604. The second-order valence-corrected chi connectivity index (χ2v) is 10.4. The Balaban J connectivity index is 1.13. The first kappa shape index (κ1) is 22.0. The van der Waals surface area contributed by atoms with Gasteiger partial charge in [0.1, 0.15) is 12.3 Å². The highest BCUT2D eigenvalue weighted by Gasteiger charge is 2.53. The molecule has 4 aliphatic carbocycles. The smallest absolute Gasteiger partial charge is 0.262 e. The molecule has 4 saturated carbocycles. The molecular formula is C26H34N4O3. The Hall–Kier alpha value is -2.83. The minimum Gasteiger partial charge on any atom is -0.484 e. The summed E-state index contributed by atoms with van der Waals surface area (Å²) in [5, 5.41) is 10.4. The lowest BCUT2D eigenvalue weighted by atomic mass is 9.47. The molecule has 0 aliphatic heterocycles. The average Bonchev–Trinajstić information content (AvgIpc) is 3.22. The van der Waals surface area contributed by atoms with Crippen LogP contribution in [-0.4, -0.2) is 34.2 Å². The fourth-order valence-electron chi connectivity index (χ4n) is 7.06. The van der Waals surface area contributed by atoms with E-state index in [1.807, 2.05) is 18.2 Å².